The zero-order valence-corrected chi connectivity index (χ0v) is 14.4. The molecule has 4 nitrogen and oxygen atoms in total. The summed E-state index contributed by atoms with van der Waals surface area (Å²) in [7, 11) is 1.56. The van der Waals surface area contributed by atoms with Crippen molar-refractivity contribution in [2.75, 3.05) is 26.7 Å². The Morgan fingerprint density at radius 1 is 1.22 bits per heavy atom. The molecule has 2 atom stereocenters. The van der Waals surface area contributed by atoms with Gasteiger partial charge in [-0.1, -0.05) is 30.3 Å². The molecule has 1 aliphatic rings. The van der Waals surface area contributed by atoms with Gasteiger partial charge in [0.25, 0.3) is 0 Å². The van der Waals surface area contributed by atoms with Gasteiger partial charge in [0.1, 0.15) is 0 Å². The molecule has 0 radical (unpaired) electrons. The predicted octanol–water partition coefficient (Wildman–Crippen LogP) is 2.70. The first-order valence-corrected chi connectivity index (χ1v) is 8.41. The summed E-state index contributed by atoms with van der Waals surface area (Å²) >= 11 is 0. The number of ether oxygens (including phenoxy) is 1. The van der Waals surface area contributed by atoms with E-state index in [-0.39, 0.29) is 11.9 Å². The van der Waals surface area contributed by atoms with Crippen LogP contribution < -0.4 is 0 Å². The van der Waals surface area contributed by atoms with Crippen LogP contribution in [0.4, 0.5) is 0 Å². The molecular formula is C19H28N2O2. The number of nitrogens with zero attached hydrogens (tertiary/aromatic N) is 2. The quantitative estimate of drug-likeness (QED) is 0.597. The molecule has 0 N–H and O–H groups in total. The normalized spacial score (nSPS) is 22.5. The van der Waals surface area contributed by atoms with Gasteiger partial charge in [-0.2, -0.15) is 0 Å². The average molecular weight is 316 g/mol. The summed E-state index contributed by atoms with van der Waals surface area (Å²) < 4.78 is 4.84. The zero-order chi connectivity index (χ0) is 16.7. The fraction of sp³-hybridized carbons (Fsp3) is 0.526. The van der Waals surface area contributed by atoms with Crippen LogP contribution >= 0.6 is 0 Å². The molecule has 1 aromatic carbocycles. The number of amides is 1. The number of carbonyl (C=O) groups is 1. The first kappa shape index (κ1) is 17.5. The SMILES string of the molecule is COC=CC(=O)N1CCN(CCCc2ccccc2)[C@H](C)[C@H]1C. The summed E-state index contributed by atoms with van der Waals surface area (Å²) in [5, 5.41) is 0. The molecule has 1 amide bonds. The topological polar surface area (TPSA) is 32.8 Å². The van der Waals surface area contributed by atoms with Crippen molar-refractivity contribution in [1.82, 2.24) is 9.80 Å². The van der Waals surface area contributed by atoms with E-state index in [1.807, 2.05) is 4.90 Å². The number of carbonyl (C=O) groups excluding carboxylic acids is 1. The summed E-state index contributed by atoms with van der Waals surface area (Å²) in [6.07, 6.45) is 5.22. The molecule has 126 valence electrons. The Morgan fingerprint density at radius 2 is 1.96 bits per heavy atom. The van der Waals surface area contributed by atoms with Crippen molar-refractivity contribution in [2.24, 2.45) is 0 Å². The number of methoxy groups -OCH3 is 1. The van der Waals surface area contributed by atoms with E-state index in [1.165, 1.54) is 17.9 Å². The van der Waals surface area contributed by atoms with E-state index < -0.39 is 0 Å². The highest BCUT2D eigenvalue weighted by molar-refractivity contribution is 5.87. The zero-order valence-electron chi connectivity index (χ0n) is 14.4. The van der Waals surface area contributed by atoms with Crippen LogP contribution in [0.2, 0.25) is 0 Å². The van der Waals surface area contributed by atoms with Crippen molar-refractivity contribution < 1.29 is 9.53 Å². The van der Waals surface area contributed by atoms with Crippen LogP contribution in [0, 0.1) is 0 Å². The third-order valence-corrected chi connectivity index (χ3v) is 4.78. The molecule has 1 aliphatic heterocycles. The van der Waals surface area contributed by atoms with E-state index in [0.29, 0.717) is 6.04 Å². The van der Waals surface area contributed by atoms with Crippen LogP contribution in [0.3, 0.4) is 0 Å². The second-order valence-corrected chi connectivity index (χ2v) is 6.18. The molecule has 0 aromatic heterocycles. The van der Waals surface area contributed by atoms with Gasteiger partial charge in [0, 0.05) is 31.2 Å². The maximum absolute atomic E-state index is 12.2. The van der Waals surface area contributed by atoms with E-state index in [1.54, 1.807) is 7.11 Å². The lowest BCUT2D eigenvalue weighted by molar-refractivity contribution is -0.132. The molecule has 0 unspecified atom stereocenters. The molecular weight excluding hydrogens is 288 g/mol. The Balaban J connectivity index is 1.82. The van der Waals surface area contributed by atoms with Gasteiger partial charge < -0.3 is 9.64 Å². The summed E-state index contributed by atoms with van der Waals surface area (Å²) in [5.74, 6) is 0.0372. The van der Waals surface area contributed by atoms with Crippen LogP contribution in [-0.2, 0) is 16.0 Å². The highest BCUT2D eigenvalue weighted by Gasteiger charge is 2.32. The standard InChI is InChI=1S/C19H28N2O2/c1-16-17(2)21(19(22)11-15-23-3)14-13-20(16)12-7-10-18-8-5-4-6-9-18/h4-6,8-9,11,15-17H,7,10,12-14H2,1-3H3/t16-,17-/m1/s1. The van der Waals surface area contributed by atoms with Crippen molar-refractivity contribution in [2.45, 2.75) is 38.8 Å². The second-order valence-electron chi connectivity index (χ2n) is 6.18. The van der Waals surface area contributed by atoms with Gasteiger partial charge in [-0.15, -0.1) is 0 Å². The summed E-state index contributed by atoms with van der Waals surface area (Å²) in [5.41, 5.74) is 1.40. The first-order valence-electron chi connectivity index (χ1n) is 8.41. The lowest BCUT2D eigenvalue weighted by Gasteiger charge is -2.44. The van der Waals surface area contributed by atoms with E-state index in [2.05, 4.69) is 49.1 Å². The summed E-state index contributed by atoms with van der Waals surface area (Å²) in [4.78, 5) is 16.6. The van der Waals surface area contributed by atoms with Gasteiger partial charge in [0.05, 0.1) is 13.4 Å². The smallest absolute Gasteiger partial charge is 0.249 e. The monoisotopic (exact) mass is 316 g/mol. The fourth-order valence-corrected chi connectivity index (χ4v) is 3.19. The minimum atomic E-state index is 0.0372. The van der Waals surface area contributed by atoms with Crippen LogP contribution in [0.15, 0.2) is 42.7 Å². The first-order chi connectivity index (χ1) is 11.1. The van der Waals surface area contributed by atoms with Crippen LogP contribution in [0.5, 0.6) is 0 Å². The van der Waals surface area contributed by atoms with Crippen molar-refractivity contribution in [3.05, 3.63) is 48.2 Å². The number of hydrogen-bond donors (Lipinski definition) is 0. The highest BCUT2D eigenvalue weighted by atomic mass is 16.5. The molecule has 0 bridgehead atoms. The maximum atomic E-state index is 12.2. The van der Waals surface area contributed by atoms with Crippen LogP contribution in [-0.4, -0.2) is 54.5 Å². The van der Waals surface area contributed by atoms with Gasteiger partial charge in [0.2, 0.25) is 5.91 Å². The Bertz CT molecular complexity index is 515. The minimum absolute atomic E-state index is 0.0372. The molecule has 0 saturated carbocycles. The fourth-order valence-electron chi connectivity index (χ4n) is 3.19. The summed E-state index contributed by atoms with van der Waals surface area (Å²) in [6, 6.07) is 11.2. The third-order valence-electron chi connectivity index (χ3n) is 4.78. The van der Waals surface area contributed by atoms with Gasteiger partial charge in [0.15, 0.2) is 0 Å². The molecule has 1 heterocycles. The van der Waals surface area contributed by atoms with E-state index in [0.717, 1.165) is 32.5 Å². The molecule has 2 rings (SSSR count). The summed E-state index contributed by atoms with van der Waals surface area (Å²) in [6.45, 7) is 7.14. The number of rotatable bonds is 6. The number of piperazine rings is 1. The molecule has 1 aromatic rings. The van der Waals surface area contributed by atoms with Crippen LogP contribution in [0.1, 0.15) is 25.8 Å². The van der Waals surface area contributed by atoms with Crippen molar-refractivity contribution in [1.29, 1.82) is 0 Å². The molecule has 1 fully saturated rings. The second kappa shape index (κ2) is 8.73. The van der Waals surface area contributed by atoms with Gasteiger partial charge >= 0.3 is 0 Å². The lowest BCUT2D eigenvalue weighted by Crippen LogP contribution is -2.58. The predicted molar refractivity (Wildman–Crippen MR) is 93.1 cm³/mol. The van der Waals surface area contributed by atoms with E-state index in [9.17, 15) is 4.79 Å². The molecule has 0 spiro atoms. The Kier molecular flexibility index (Phi) is 6.66. The van der Waals surface area contributed by atoms with Gasteiger partial charge in [-0.25, -0.2) is 0 Å². The van der Waals surface area contributed by atoms with Crippen molar-refractivity contribution >= 4 is 5.91 Å². The molecule has 1 saturated heterocycles. The number of benzene rings is 1. The Morgan fingerprint density at radius 3 is 2.65 bits per heavy atom. The molecule has 0 aliphatic carbocycles. The Hall–Kier alpha value is -1.81. The van der Waals surface area contributed by atoms with E-state index >= 15 is 0 Å². The van der Waals surface area contributed by atoms with Crippen LogP contribution in [0.25, 0.3) is 0 Å². The third kappa shape index (κ3) is 4.83. The maximum Gasteiger partial charge on any atom is 0.249 e. The van der Waals surface area contributed by atoms with Crippen molar-refractivity contribution in [3.8, 4) is 0 Å². The van der Waals surface area contributed by atoms with E-state index in [4.69, 9.17) is 4.74 Å². The Labute approximate surface area is 139 Å². The largest absolute Gasteiger partial charge is 0.504 e. The molecule has 4 heteroatoms. The minimum Gasteiger partial charge on any atom is -0.504 e. The highest BCUT2D eigenvalue weighted by Crippen LogP contribution is 2.18. The van der Waals surface area contributed by atoms with Gasteiger partial charge in [-0.3, -0.25) is 9.69 Å². The van der Waals surface area contributed by atoms with Crippen molar-refractivity contribution in [3.63, 3.8) is 0 Å². The van der Waals surface area contributed by atoms with Gasteiger partial charge in [-0.05, 0) is 38.8 Å². The average Bonchev–Trinajstić information content (AvgIpc) is 2.57. The molecule has 23 heavy (non-hydrogen) atoms. The number of aryl methyl sites for hydroxylation is 1. The lowest BCUT2D eigenvalue weighted by atomic mass is 10.0. The number of hydrogen-bond acceptors (Lipinski definition) is 3.